The Morgan fingerprint density at radius 2 is 2.15 bits per heavy atom. The van der Waals surface area contributed by atoms with Crippen molar-refractivity contribution in [1.29, 1.82) is 5.26 Å². The molecule has 68 valence electrons. The van der Waals surface area contributed by atoms with Gasteiger partial charge in [-0.05, 0) is 24.5 Å². The summed E-state index contributed by atoms with van der Waals surface area (Å²) in [5.41, 5.74) is 7.55. The largest absolute Gasteiger partial charge is 0.399 e. The average molecular weight is 195 g/mol. The molecule has 1 unspecified atom stereocenters. The second-order valence-corrected chi connectivity index (χ2v) is 3.36. The molecule has 2 N–H and O–H groups in total. The van der Waals surface area contributed by atoms with Crippen LogP contribution in [0.1, 0.15) is 12.0 Å². The number of anilines is 1. The fourth-order valence-corrected chi connectivity index (χ4v) is 1.22. The van der Waals surface area contributed by atoms with Gasteiger partial charge >= 0.3 is 0 Å². The van der Waals surface area contributed by atoms with Crippen molar-refractivity contribution in [3.05, 3.63) is 29.8 Å². The van der Waals surface area contributed by atoms with Gasteiger partial charge in [0.05, 0.1) is 6.07 Å². The number of halogens is 1. The first-order chi connectivity index (χ1) is 6.24. The second kappa shape index (κ2) is 4.74. The normalized spacial score (nSPS) is 12.0. The van der Waals surface area contributed by atoms with Crippen LogP contribution in [-0.2, 0) is 6.42 Å². The Kier molecular flexibility index (Phi) is 3.60. The minimum atomic E-state index is -0.417. The molecular formula is C10H11ClN2. The summed E-state index contributed by atoms with van der Waals surface area (Å²) in [6, 6.07) is 9.61. The number of alkyl halides is 1. The Hall–Kier alpha value is -1.20. The number of hydrogen-bond donors (Lipinski definition) is 1. The highest BCUT2D eigenvalue weighted by atomic mass is 35.5. The number of aryl methyl sites for hydroxylation is 1. The van der Waals surface area contributed by atoms with E-state index in [1.54, 1.807) is 0 Å². The van der Waals surface area contributed by atoms with Crippen molar-refractivity contribution >= 4 is 17.3 Å². The summed E-state index contributed by atoms with van der Waals surface area (Å²) in [5, 5.41) is 8.05. The lowest BCUT2D eigenvalue weighted by atomic mass is 10.1. The first kappa shape index (κ1) is 9.88. The zero-order valence-corrected chi connectivity index (χ0v) is 7.96. The Morgan fingerprint density at radius 3 is 2.77 bits per heavy atom. The number of rotatable bonds is 3. The molecule has 2 nitrogen and oxygen atoms in total. The van der Waals surface area contributed by atoms with Crippen LogP contribution in [0.5, 0.6) is 0 Å². The highest BCUT2D eigenvalue weighted by Crippen LogP contribution is 2.14. The molecule has 0 fully saturated rings. The predicted molar refractivity (Wildman–Crippen MR) is 54.4 cm³/mol. The second-order valence-electron chi connectivity index (χ2n) is 2.83. The smallest absolute Gasteiger partial charge is 0.120 e. The third kappa shape index (κ3) is 2.96. The number of para-hydroxylation sites is 1. The third-order valence-electron chi connectivity index (χ3n) is 1.86. The van der Waals surface area contributed by atoms with E-state index in [0.29, 0.717) is 6.42 Å². The number of benzene rings is 1. The van der Waals surface area contributed by atoms with Crippen LogP contribution in [0.4, 0.5) is 5.69 Å². The van der Waals surface area contributed by atoms with E-state index in [0.717, 1.165) is 17.7 Å². The van der Waals surface area contributed by atoms with Crippen LogP contribution in [0.3, 0.4) is 0 Å². The standard InChI is InChI=1S/C10H11ClN2/c11-9(7-12)6-5-8-3-1-2-4-10(8)13/h1-4,9H,5-6,13H2. The van der Waals surface area contributed by atoms with Crippen molar-refractivity contribution in [1.82, 2.24) is 0 Å². The van der Waals surface area contributed by atoms with Crippen LogP contribution in [0.2, 0.25) is 0 Å². The zero-order valence-electron chi connectivity index (χ0n) is 7.20. The van der Waals surface area contributed by atoms with Gasteiger partial charge in [0.1, 0.15) is 5.38 Å². The highest BCUT2D eigenvalue weighted by molar-refractivity contribution is 6.22. The van der Waals surface area contributed by atoms with Crippen molar-refractivity contribution in [2.45, 2.75) is 18.2 Å². The van der Waals surface area contributed by atoms with Gasteiger partial charge < -0.3 is 5.73 Å². The summed E-state index contributed by atoms with van der Waals surface area (Å²) in [6.45, 7) is 0. The number of nitrogens with two attached hydrogens (primary N) is 1. The number of nitrogens with zero attached hydrogens (tertiary/aromatic N) is 1. The number of hydrogen-bond acceptors (Lipinski definition) is 2. The fourth-order valence-electron chi connectivity index (χ4n) is 1.11. The molecule has 0 heterocycles. The summed E-state index contributed by atoms with van der Waals surface area (Å²) >= 11 is 5.67. The van der Waals surface area contributed by atoms with Crippen molar-refractivity contribution in [2.24, 2.45) is 0 Å². The molecule has 0 aliphatic carbocycles. The monoisotopic (exact) mass is 194 g/mol. The first-order valence-corrected chi connectivity index (χ1v) is 4.54. The van der Waals surface area contributed by atoms with Crippen molar-refractivity contribution < 1.29 is 0 Å². The minimum Gasteiger partial charge on any atom is -0.399 e. The van der Waals surface area contributed by atoms with Crippen LogP contribution in [0.15, 0.2) is 24.3 Å². The van der Waals surface area contributed by atoms with Crippen LogP contribution >= 0.6 is 11.6 Å². The summed E-state index contributed by atoms with van der Waals surface area (Å²) in [5.74, 6) is 0. The molecule has 1 aromatic rings. The van der Waals surface area contributed by atoms with E-state index < -0.39 is 5.38 Å². The molecule has 1 aromatic carbocycles. The Labute approximate surface area is 82.9 Å². The van der Waals surface area contributed by atoms with E-state index in [2.05, 4.69) is 0 Å². The molecule has 1 atom stereocenters. The highest BCUT2D eigenvalue weighted by Gasteiger charge is 2.03. The molecule has 0 aliphatic rings. The van der Waals surface area contributed by atoms with Gasteiger partial charge in [-0.1, -0.05) is 18.2 Å². The average Bonchev–Trinajstić information content (AvgIpc) is 2.16. The molecule has 1 rings (SSSR count). The Balaban J connectivity index is 2.56. The molecule has 0 amide bonds. The molecule has 0 spiro atoms. The molecular weight excluding hydrogens is 184 g/mol. The van der Waals surface area contributed by atoms with Crippen LogP contribution in [0.25, 0.3) is 0 Å². The van der Waals surface area contributed by atoms with Gasteiger partial charge in [-0.15, -0.1) is 11.6 Å². The zero-order chi connectivity index (χ0) is 9.68. The summed E-state index contributed by atoms with van der Waals surface area (Å²) in [4.78, 5) is 0. The summed E-state index contributed by atoms with van der Waals surface area (Å²) in [7, 11) is 0. The predicted octanol–water partition coefficient (Wildman–Crippen LogP) is 2.33. The van der Waals surface area contributed by atoms with Crippen molar-refractivity contribution in [2.75, 3.05) is 5.73 Å². The molecule has 3 heteroatoms. The lowest BCUT2D eigenvalue weighted by Crippen LogP contribution is -1.99. The fraction of sp³-hybridized carbons (Fsp3) is 0.300. The minimum absolute atomic E-state index is 0.417. The Morgan fingerprint density at radius 1 is 1.46 bits per heavy atom. The quantitative estimate of drug-likeness (QED) is 0.593. The lowest BCUT2D eigenvalue weighted by molar-refractivity contribution is 0.858. The maximum atomic E-state index is 8.47. The number of nitrogen functional groups attached to an aromatic ring is 1. The van der Waals surface area contributed by atoms with Crippen LogP contribution in [-0.4, -0.2) is 5.38 Å². The maximum Gasteiger partial charge on any atom is 0.120 e. The van der Waals surface area contributed by atoms with Crippen molar-refractivity contribution in [3.8, 4) is 6.07 Å². The first-order valence-electron chi connectivity index (χ1n) is 4.11. The van der Waals surface area contributed by atoms with Gasteiger partial charge in [-0.3, -0.25) is 0 Å². The van der Waals surface area contributed by atoms with Gasteiger partial charge in [0.15, 0.2) is 0 Å². The summed E-state index contributed by atoms with van der Waals surface area (Å²) in [6.07, 6.45) is 1.40. The maximum absolute atomic E-state index is 8.47. The van der Waals surface area contributed by atoms with E-state index in [1.807, 2.05) is 30.3 Å². The Bertz CT molecular complexity index is 317. The van der Waals surface area contributed by atoms with Gasteiger partial charge in [0.25, 0.3) is 0 Å². The van der Waals surface area contributed by atoms with E-state index in [4.69, 9.17) is 22.6 Å². The molecule has 0 aromatic heterocycles. The SMILES string of the molecule is N#CC(Cl)CCc1ccccc1N. The van der Waals surface area contributed by atoms with Crippen molar-refractivity contribution in [3.63, 3.8) is 0 Å². The number of nitriles is 1. The van der Waals surface area contributed by atoms with Crippen LogP contribution in [0, 0.1) is 11.3 Å². The van der Waals surface area contributed by atoms with E-state index in [1.165, 1.54) is 0 Å². The van der Waals surface area contributed by atoms with Crippen LogP contribution < -0.4 is 5.73 Å². The van der Waals surface area contributed by atoms with E-state index >= 15 is 0 Å². The van der Waals surface area contributed by atoms with E-state index in [9.17, 15) is 0 Å². The van der Waals surface area contributed by atoms with Gasteiger partial charge in [-0.2, -0.15) is 5.26 Å². The summed E-state index contributed by atoms with van der Waals surface area (Å²) < 4.78 is 0. The third-order valence-corrected chi connectivity index (χ3v) is 2.18. The molecule has 0 saturated carbocycles. The molecule has 0 aliphatic heterocycles. The van der Waals surface area contributed by atoms with Gasteiger partial charge in [0.2, 0.25) is 0 Å². The topological polar surface area (TPSA) is 49.8 Å². The lowest BCUT2D eigenvalue weighted by Gasteiger charge is -2.04. The van der Waals surface area contributed by atoms with Gasteiger partial charge in [-0.25, -0.2) is 0 Å². The molecule has 0 bridgehead atoms. The van der Waals surface area contributed by atoms with E-state index in [-0.39, 0.29) is 0 Å². The molecule has 13 heavy (non-hydrogen) atoms. The molecule has 0 saturated heterocycles. The van der Waals surface area contributed by atoms with Gasteiger partial charge in [0, 0.05) is 5.69 Å². The molecule has 0 radical (unpaired) electrons.